The Balaban J connectivity index is 1.90. The quantitative estimate of drug-likeness (QED) is 0.630. The normalized spacial score (nSPS) is 21.2. The first-order chi connectivity index (χ1) is 11.8. The number of urea groups is 1. The van der Waals surface area contributed by atoms with Crippen LogP contribution in [0.4, 0.5) is 4.79 Å². The molecule has 0 saturated carbocycles. The maximum Gasteiger partial charge on any atom is 0.325 e. The van der Waals surface area contributed by atoms with Crippen molar-refractivity contribution in [2.24, 2.45) is 0 Å². The van der Waals surface area contributed by atoms with Gasteiger partial charge in [-0.05, 0) is 31.5 Å². The Kier molecular flexibility index (Phi) is 4.47. The number of hydrogen-bond donors (Lipinski definition) is 1. The van der Waals surface area contributed by atoms with Crippen LogP contribution in [0.2, 0.25) is 0 Å². The third-order valence-electron chi connectivity index (χ3n) is 4.47. The minimum absolute atomic E-state index is 0.284. The van der Waals surface area contributed by atoms with Gasteiger partial charge in [0.1, 0.15) is 11.6 Å². The average Bonchev–Trinajstić information content (AvgIpc) is 2.85. The van der Waals surface area contributed by atoms with Crippen molar-refractivity contribution in [3.63, 3.8) is 0 Å². The number of carbonyl (C=O) groups is 3. The number of rotatable bonds is 4. The highest BCUT2D eigenvalue weighted by Gasteiger charge is 2.51. The van der Waals surface area contributed by atoms with E-state index in [0.717, 1.165) is 9.37 Å². The maximum absolute atomic E-state index is 13.0. The first kappa shape index (κ1) is 17.4. The van der Waals surface area contributed by atoms with E-state index in [1.165, 1.54) is 0 Å². The van der Waals surface area contributed by atoms with Gasteiger partial charge < -0.3 is 5.32 Å². The second kappa shape index (κ2) is 6.44. The standard InChI is InChI=1S/C19H17BrN2O3/c1-12(16(23)13-8-10-15(20)11-9-13)22-17(24)19(2,21-18(22)25)14-6-4-3-5-7-14/h3-12H,1-2H3,(H,21,25)/t12-,19+/m0/s1. The molecule has 6 heteroatoms. The first-order valence-corrected chi connectivity index (χ1v) is 8.65. The number of carbonyl (C=O) groups excluding carboxylic acids is 3. The lowest BCUT2D eigenvalue weighted by molar-refractivity contribution is -0.131. The number of nitrogens with one attached hydrogen (secondary N) is 1. The summed E-state index contributed by atoms with van der Waals surface area (Å²) >= 11 is 3.32. The van der Waals surface area contributed by atoms with Crippen LogP contribution in [0.15, 0.2) is 59.1 Å². The molecule has 1 saturated heterocycles. The van der Waals surface area contributed by atoms with Crippen molar-refractivity contribution in [2.75, 3.05) is 0 Å². The molecule has 0 spiro atoms. The second-order valence-corrected chi connectivity index (χ2v) is 7.06. The highest BCUT2D eigenvalue weighted by molar-refractivity contribution is 9.10. The summed E-state index contributed by atoms with van der Waals surface area (Å²) in [4.78, 5) is 39.1. The molecule has 2 aromatic rings. The van der Waals surface area contributed by atoms with E-state index in [-0.39, 0.29) is 5.78 Å². The van der Waals surface area contributed by atoms with Crippen LogP contribution >= 0.6 is 15.9 Å². The minimum Gasteiger partial charge on any atom is -0.319 e. The summed E-state index contributed by atoms with van der Waals surface area (Å²) in [6, 6.07) is 14.4. The molecule has 0 aromatic heterocycles. The monoisotopic (exact) mass is 400 g/mol. The second-order valence-electron chi connectivity index (χ2n) is 6.14. The maximum atomic E-state index is 13.0. The van der Waals surface area contributed by atoms with Gasteiger partial charge in [0, 0.05) is 10.0 Å². The fraction of sp³-hybridized carbons (Fsp3) is 0.211. The fourth-order valence-electron chi connectivity index (χ4n) is 2.95. The lowest BCUT2D eigenvalue weighted by Crippen LogP contribution is -2.45. The van der Waals surface area contributed by atoms with E-state index in [0.29, 0.717) is 11.1 Å². The van der Waals surface area contributed by atoms with Crippen LogP contribution in [0.1, 0.15) is 29.8 Å². The van der Waals surface area contributed by atoms with Gasteiger partial charge in [-0.25, -0.2) is 4.79 Å². The smallest absolute Gasteiger partial charge is 0.319 e. The van der Waals surface area contributed by atoms with Gasteiger partial charge in [0.25, 0.3) is 5.91 Å². The molecule has 5 nitrogen and oxygen atoms in total. The SMILES string of the molecule is C[C@@H](C(=O)c1ccc(Br)cc1)N1C(=O)N[C@](C)(c2ccccc2)C1=O. The molecular weight excluding hydrogens is 384 g/mol. The Morgan fingerprint density at radius 2 is 1.68 bits per heavy atom. The molecule has 128 valence electrons. The first-order valence-electron chi connectivity index (χ1n) is 7.85. The molecule has 1 aliphatic heterocycles. The number of halogens is 1. The molecular formula is C19H17BrN2O3. The Bertz CT molecular complexity index is 836. The van der Waals surface area contributed by atoms with E-state index in [9.17, 15) is 14.4 Å². The Hall–Kier alpha value is -2.47. The van der Waals surface area contributed by atoms with Gasteiger partial charge in [0.2, 0.25) is 0 Å². The largest absolute Gasteiger partial charge is 0.325 e. The zero-order valence-electron chi connectivity index (χ0n) is 13.8. The summed E-state index contributed by atoms with van der Waals surface area (Å²) in [7, 11) is 0. The average molecular weight is 401 g/mol. The molecule has 0 radical (unpaired) electrons. The summed E-state index contributed by atoms with van der Waals surface area (Å²) in [5, 5.41) is 2.72. The molecule has 2 atom stereocenters. The zero-order chi connectivity index (χ0) is 18.2. The molecule has 3 rings (SSSR count). The van der Waals surface area contributed by atoms with Crippen LogP contribution in [-0.4, -0.2) is 28.7 Å². The molecule has 0 unspecified atom stereocenters. The molecule has 0 bridgehead atoms. The fourth-order valence-corrected chi connectivity index (χ4v) is 3.22. The zero-order valence-corrected chi connectivity index (χ0v) is 15.4. The van der Waals surface area contributed by atoms with E-state index in [1.807, 2.05) is 6.07 Å². The van der Waals surface area contributed by atoms with Crippen LogP contribution in [0.3, 0.4) is 0 Å². The summed E-state index contributed by atoms with van der Waals surface area (Å²) in [5.41, 5.74) is -0.0455. The van der Waals surface area contributed by atoms with E-state index < -0.39 is 23.5 Å². The lowest BCUT2D eigenvalue weighted by Gasteiger charge is -2.24. The number of benzene rings is 2. The van der Waals surface area contributed by atoms with Crippen LogP contribution in [0.5, 0.6) is 0 Å². The van der Waals surface area contributed by atoms with Crippen molar-refractivity contribution in [1.29, 1.82) is 0 Å². The minimum atomic E-state index is -1.17. The Morgan fingerprint density at radius 3 is 2.28 bits per heavy atom. The van der Waals surface area contributed by atoms with E-state index in [1.54, 1.807) is 62.4 Å². The summed E-state index contributed by atoms with van der Waals surface area (Å²) < 4.78 is 0.850. The van der Waals surface area contributed by atoms with Gasteiger partial charge in [-0.3, -0.25) is 14.5 Å². The summed E-state index contributed by atoms with van der Waals surface area (Å²) in [5.74, 6) is -0.713. The number of Topliss-reactive ketones (excluding diaryl/α,β-unsaturated/α-hetero) is 1. The summed E-state index contributed by atoms with van der Waals surface area (Å²) in [6.45, 7) is 3.22. The van der Waals surface area contributed by atoms with Crippen LogP contribution < -0.4 is 5.32 Å². The number of ketones is 1. The molecule has 1 N–H and O–H groups in total. The molecule has 2 aromatic carbocycles. The van der Waals surface area contributed by atoms with Gasteiger partial charge >= 0.3 is 6.03 Å². The number of nitrogens with zero attached hydrogens (tertiary/aromatic N) is 1. The van der Waals surface area contributed by atoms with Crippen molar-refractivity contribution in [3.8, 4) is 0 Å². The predicted octanol–water partition coefficient (Wildman–Crippen LogP) is 3.49. The van der Waals surface area contributed by atoms with Crippen LogP contribution in [0, 0.1) is 0 Å². The highest BCUT2D eigenvalue weighted by Crippen LogP contribution is 2.30. The van der Waals surface area contributed by atoms with Gasteiger partial charge in [0.05, 0.1) is 0 Å². The van der Waals surface area contributed by atoms with Crippen LogP contribution in [-0.2, 0) is 10.3 Å². The van der Waals surface area contributed by atoms with Crippen molar-refractivity contribution < 1.29 is 14.4 Å². The van der Waals surface area contributed by atoms with Crippen molar-refractivity contribution in [2.45, 2.75) is 25.4 Å². The molecule has 1 fully saturated rings. The topological polar surface area (TPSA) is 66.5 Å². The van der Waals surface area contributed by atoms with E-state index >= 15 is 0 Å². The summed E-state index contributed by atoms with van der Waals surface area (Å²) in [6.07, 6.45) is 0. The van der Waals surface area contributed by atoms with Gasteiger partial charge in [0.15, 0.2) is 5.78 Å². The number of imide groups is 1. The van der Waals surface area contributed by atoms with Gasteiger partial charge in [-0.1, -0.05) is 58.4 Å². The molecule has 3 amide bonds. The number of hydrogen-bond acceptors (Lipinski definition) is 3. The highest BCUT2D eigenvalue weighted by atomic mass is 79.9. The van der Waals surface area contributed by atoms with Gasteiger partial charge in [-0.2, -0.15) is 0 Å². The van der Waals surface area contributed by atoms with Crippen molar-refractivity contribution in [3.05, 3.63) is 70.2 Å². The van der Waals surface area contributed by atoms with E-state index in [4.69, 9.17) is 0 Å². The Morgan fingerprint density at radius 1 is 1.08 bits per heavy atom. The van der Waals surface area contributed by atoms with Crippen LogP contribution in [0.25, 0.3) is 0 Å². The number of amides is 3. The third kappa shape index (κ3) is 2.98. The molecule has 1 heterocycles. The molecule has 0 aliphatic carbocycles. The van der Waals surface area contributed by atoms with Gasteiger partial charge in [-0.15, -0.1) is 0 Å². The third-order valence-corrected chi connectivity index (χ3v) is 5.00. The lowest BCUT2D eigenvalue weighted by atomic mass is 9.91. The molecule has 25 heavy (non-hydrogen) atoms. The molecule has 1 aliphatic rings. The van der Waals surface area contributed by atoms with Crippen molar-refractivity contribution in [1.82, 2.24) is 10.2 Å². The predicted molar refractivity (Wildman–Crippen MR) is 97.1 cm³/mol. The van der Waals surface area contributed by atoms with E-state index in [2.05, 4.69) is 21.2 Å². The Labute approximate surface area is 154 Å². The van der Waals surface area contributed by atoms with Crippen molar-refractivity contribution >= 4 is 33.7 Å².